The Morgan fingerprint density at radius 3 is 2.42 bits per heavy atom. The van der Waals surface area contributed by atoms with Crippen molar-refractivity contribution in [3.63, 3.8) is 0 Å². The fourth-order valence-corrected chi connectivity index (χ4v) is 2.60. The highest BCUT2D eigenvalue weighted by Crippen LogP contribution is 2.29. The van der Waals surface area contributed by atoms with Gasteiger partial charge in [0.2, 0.25) is 10.0 Å². The van der Waals surface area contributed by atoms with E-state index < -0.39 is 10.0 Å². The Labute approximate surface area is 113 Å². The predicted octanol–water partition coefficient (Wildman–Crippen LogP) is 0.755. The van der Waals surface area contributed by atoms with Crippen molar-refractivity contribution in [2.45, 2.75) is 17.7 Å². The average Bonchev–Trinajstić information content (AvgIpc) is 2.42. The monoisotopic (exact) mass is 289 g/mol. The van der Waals surface area contributed by atoms with Crippen molar-refractivity contribution >= 4 is 10.0 Å². The Morgan fingerprint density at radius 2 is 1.84 bits per heavy atom. The van der Waals surface area contributed by atoms with Crippen LogP contribution in [0.3, 0.4) is 0 Å². The second-order valence-electron chi connectivity index (χ2n) is 3.85. The van der Waals surface area contributed by atoms with E-state index in [-0.39, 0.29) is 18.0 Å². The van der Waals surface area contributed by atoms with Gasteiger partial charge >= 0.3 is 0 Å². The summed E-state index contributed by atoms with van der Waals surface area (Å²) in [6, 6.07) is 4.41. The number of hydrogen-bond donors (Lipinski definition) is 2. The molecule has 7 heteroatoms. The van der Waals surface area contributed by atoms with Crippen molar-refractivity contribution in [2.24, 2.45) is 0 Å². The van der Waals surface area contributed by atoms with Gasteiger partial charge in [0.1, 0.15) is 0 Å². The fourth-order valence-electron chi connectivity index (χ4n) is 1.51. The molecule has 0 fully saturated rings. The van der Waals surface area contributed by atoms with E-state index in [9.17, 15) is 8.42 Å². The molecule has 1 aromatic carbocycles. The van der Waals surface area contributed by atoms with Gasteiger partial charge in [-0.05, 0) is 25.0 Å². The molecule has 0 aliphatic rings. The van der Waals surface area contributed by atoms with Gasteiger partial charge in [-0.1, -0.05) is 0 Å². The summed E-state index contributed by atoms with van der Waals surface area (Å²) in [6.07, 6.45) is 1.15. The molecule has 1 rings (SSSR count). The number of methoxy groups -OCH3 is 2. The second-order valence-corrected chi connectivity index (χ2v) is 5.61. The molecule has 0 atom stereocenters. The summed E-state index contributed by atoms with van der Waals surface area (Å²) < 4.78 is 36.6. The maximum atomic E-state index is 12.0. The lowest BCUT2D eigenvalue weighted by Gasteiger charge is -2.10. The van der Waals surface area contributed by atoms with E-state index in [0.29, 0.717) is 24.3 Å². The number of ether oxygens (including phenoxy) is 2. The number of aliphatic hydroxyl groups is 1. The first-order valence-electron chi connectivity index (χ1n) is 5.87. The number of rotatable bonds is 8. The van der Waals surface area contributed by atoms with Crippen LogP contribution in [0.2, 0.25) is 0 Å². The quantitative estimate of drug-likeness (QED) is 0.690. The van der Waals surface area contributed by atoms with Gasteiger partial charge in [-0.25, -0.2) is 13.1 Å². The van der Waals surface area contributed by atoms with Crippen LogP contribution >= 0.6 is 0 Å². The van der Waals surface area contributed by atoms with Gasteiger partial charge in [0.15, 0.2) is 11.5 Å². The summed E-state index contributed by atoms with van der Waals surface area (Å²) in [4.78, 5) is 0.120. The number of nitrogens with one attached hydrogen (secondary N) is 1. The summed E-state index contributed by atoms with van der Waals surface area (Å²) in [5.41, 5.74) is 0. The number of benzene rings is 1. The first kappa shape index (κ1) is 15.7. The van der Waals surface area contributed by atoms with Crippen molar-refractivity contribution in [3.05, 3.63) is 18.2 Å². The van der Waals surface area contributed by atoms with Crippen LogP contribution in [-0.4, -0.2) is 40.9 Å². The highest BCUT2D eigenvalue weighted by molar-refractivity contribution is 7.89. The van der Waals surface area contributed by atoms with Crippen LogP contribution in [0.4, 0.5) is 0 Å². The van der Waals surface area contributed by atoms with Gasteiger partial charge in [-0.2, -0.15) is 0 Å². The molecule has 2 N–H and O–H groups in total. The Morgan fingerprint density at radius 1 is 1.16 bits per heavy atom. The molecule has 19 heavy (non-hydrogen) atoms. The predicted molar refractivity (Wildman–Crippen MR) is 71.1 cm³/mol. The normalized spacial score (nSPS) is 11.3. The summed E-state index contributed by atoms with van der Waals surface area (Å²) in [5.74, 6) is 0.836. The third kappa shape index (κ3) is 4.38. The number of sulfonamides is 1. The van der Waals surface area contributed by atoms with Gasteiger partial charge in [-0.3, -0.25) is 0 Å². The van der Waals surface area contributed by atoms with E-state index in [2.05, 4.69) is 4.72 Å². The van der Waals surface area contributed by atoms with E-state index >= 15 is 0 Å². The van der Waals surface area contributed by atoms with Crippen molar-refractivity contribution < 1.29 is 23.0 Å². The molecule has 0 aromatic heterocycles. The number of unbranched alkanes of at least 4 members (excludes halogenated alkanes) is 1. The maximum absolute atomic E-state index is 12.0. The molecule has 1 aromatic rings. The zero-order valence-electron chi connectivity index (χ0n) is 11.0. The molecule has 0 saturated heterocycles. The molecule has 0 unspecified atom stereocenters. The van der Waals surface area contributed by atoms with Crippen LogP contribution in [-0.2, 0) is 10.0 Å². The SMILES string of the molecule is COc1ccc(S(=O)(=O)NCCCCO)cc1OC. The van der Waals surface area contributed by atoms with Crippen LogP contribution < -0.4 is 14.2 Å². The highest BCUT2D eigenvalue weighted by Gasteiger charge is 2.16. The van der Waals surface area contributed by atoms with Crippen molar-refractivity contribution in [2.75, 3.05) is 27.4 Å². The summed E-state index contributed by atoms with van der Waals surface area (Å²) in [5, 5.41) is 8.63. The van der Waals surface area contributed by atoms with E-state index in [0.717, 1.165) is 0 Å². The van der Waals surface area contributed by atoms with E-state index in [1.165, 1.54) is 26.4 Å². The lowest BCUT2D eigenvalue weighted by atomic mass is 10.3. The van der Waals surface area contributed by atoms with Gasteiger partial charge in [0, 0.05) is 19.2 Å². The largest absolute Gasteiger partial charge is 0.493 e. The zero-order valence-corrected chi connectivity index (χ0v) is 11.9. The smallest absolute Gasteiger partial charge is 0.240 e. The molecule has 108 valence electrons. The first-order valence-corrected chi connectivity index (χ1v) is 7.36. The summed E-state index contributed by atoms with van der Waals surface area (Å²) in [7, 11) is -0.633. The summed E-state index contributed by atoms with van der Waals surface area (Å²) in [6.45, 7) is 0.343. The highest BCUT2D eigenvalue weighted by atomic mass is 32.2. The molecule has 0 aliphatic heterocycles. The third-order valence-electron chi connectivity index (χ3n) is 2.54. The van der Waals surface area contributed by atoms with Crippen LogP contribution in [0.1, 0.15) is 12.8 Å². The summed E-state index contributed by atoms with van der Waals surface area (Å²) >= 11 is 0. The van der Waals surface area contributed by atoms with Crippen molar-refractivity contribution in [3.8, 4) is 11.5 Å². The van der Waals surface area contributed by atoms with Crippen LogP contribution in [0, 0.1) is 0 Å². The maximum Gasteiger partial charge on any atom is 0.240 e. The number of hydrogen-bond acceptors (Lipinski definition) is 5. The average molecular weight is 289 g/mol. The molecule has 0 spiro atoms. The molecule has 6 nitrogen and oxygen atoms in total. The second kappa shape index (κ2) is 7.32. The van der Waals surface area contributed by atoms with E-state index in [1.807, 2.05) is 0 Å². The van der Waals surface area contributed by atoms with Gasteiger partial charge < -0.3 is 14.6 Å². The molecular weight excluding hydrogens is 270 g/mol. The number of aliphatic hydroxyl groups excluding tert-OH is 1. The molecule has 0 bridgehead atoms. The van der Waals surface area contributed by atoms with Crippen LogP contribution in [0.25, 0.3) is 0 Å². The molecular formula is C12H19NO5S. The lowest BCUT2D eigenvalue weighted by molar-refractivity contribution is 0.285. The zero-order chi connectivity index (χ0) is 14.3. The van der Waals surface area contributed by atoms with E-state index in [1.54, 1.807) is 6.07 Å². The standard InChI is InChI=1S/C12H19NO5S/c1-17-11-6-5-10(9-12(11)18-2)19(15,16)13-7-3-4-8-14/h5-6,9,13-14H,3-4,7-8H2,1-2H3. The Hall–Kier alpha value is -1.31. The molecule has 0 heterocycles. The Kier molecular flexibility index (Phi) is 6.07. The molecule has 0 amide bonds. The van der Waals surface area contributed by atoms with Crippen molar-refractivity contribution in [1.82, 2.24) is 4.72 Å². The lowest BCUT2D eigenvalue weighted by Crippen LogP contribution is -2.25. The van der Waals surface area contributed by atoms with Crippen LogP contribution in [0.15, 0.2) is 23.1 Å². The minimum atomic E-state index is -3.57. The van der Waals surface area contributed by atoms with Gasteiger partial charge in [0.05, 0.1) is 19.1 Å². The van der Waals surface area contributed by atoms with Crippen molar-refractivity contribution in [1.29, 1.82) is 0 Å². The van der Waals surface area contributed by atoms with Crippen LogP contribution in [0.5, 0.6) is 11.5 Å². The Balaban J connectivity index is 2.83. The minimum Gasteiger partial charge on any atom is -0.493 e. The third-order valence-corrected chi connectivity index (χ3v) is 4.00. The van der Waals surface area contributed by atoms with Gasteiger partial charge in [0.25, 0.3) is 0 Å². The topological polar surface area (TPSA) is 84.9 Å². The Bertz CT molecular complexity index is 501. The fraction of sp³-hybridized carbons (Fsp3) is 0.500. The molecule has 0 radical (unpaired) electrons. The molecule has 0 saturated carbocycles. The molecule has 0 aliphatic carbocycles. The van der Waals surface area contributed by atoms with E-state index in [4.69, 9.17) is 14.6 Å². The minimum absolute atomic E-state index is 0.0537. The first-order chi connectivity index (χ1) is 9.05. The van der Waals surface area contributed by atoms with Gasteiger partial charge in [-0.15, -0.1) is 0 Å².